The molecule has 0 aromatic heterocycles. The molecule has 1 atom stereocenters. The van der Waals surface area contributed by atoms with Crippen LogP contribution < -0.4 is 10.6 Å². The summed E-state index contributed by atoms with van der Waals surface area (Å²) in [7, 11) is 4.14. The third-order valence-corrected chi connectivity index (χ3v) is 4.06. The molecule has 0 saturated carbocycles. The van der Waals surface area contributed by atoms with Gasteiger partial charge in [0.25, 0.3) is 0 Å². The average molecular weight is 251 g/mol. The number of likely N-dealkylation sites (N-methyl/N-ethyl adjacent to an activating group) is 1. The Morgan fingerprint density at radius 2 is 2.22 bits per heavy atom. The minimum absolute atomic E-state index is 0.00453. The molecule has 2 rings (SSSR count). The summed E-state index contributed by atoms with van der Waals surface area (Å²) in [6.07, 6.45) is 2.19. The Balaban J connectivity index is 2.20. The molecular formula is C14H22FN3. The highest BCUT2D eigenvalue weighted by atomic mass is 19.1. The third-order valence-electron chi connectivity index (χ3n) is 4.06. The molecular weight excluding hydrogens is 229 g/mol. The van der Waals surface area contributed by atoms with Crippen LogP contribution in [0.5, 0.6) is 0 Å². The van der Waals surface area contributed by atoms with Gasteiger partial charge in [-0.15, -0.1) is 0 Å². The molecule has 4 heteroatoms. The van der Waals surface area contributed by atoms with Crippen molar-refractivity contribution < 1.29 is 4.39 Å². The van der Waals surface area contributed by atoms with Gasteiger partial charge in [-0.2, -0.15) is 0 Å². The fourth-order valence-electron chi connectivity index (χ4n) is 2.72. The highest BCUT2D eigenvalue weighted by Crippen LogP contribution is 2.28. The lowest BCUT2D eigenvalue weighted by atomic mass is 9.87. The SMILES string of the molecule is CN(C)C1(CN)CCCN(c2cccc(F)c2)C1. The highest BCUT2D eigenvalue weighted by Gasteiger charge is 2.36. The third kappa shape index (κ3) is 2.49. The predicted molar refractivity (Wildman–Crippen MR) is 73.3 cm³/mol. The zero-order valence-electron chi connectivity index (χ0n) is 11.2. The second-order valence-electron chi connectivity index (χ2n) is 5.33. The number of nitrogens with two attached hydrogens (primary N) is 1. The van der Waals surface area contributed by atoms with Gasteiger partial charge in [0, 0.05) is 25.3 Å². The molecule has 1 aliphatic heterocycles. The second kappa shape index (κ2) is 5.24. The molecule has 0 amide bonds. The molecule has 1 aromatic rings. The molecule has 2 N–H and O–H groups in total. The van der Waals surface area contributed by atoms with Gasteiger partial charge >= 0.3 is 0 Å². The normalized spacial score (nSPS) is 24.6. The summed E-state index contributed by atoms with van der Waals surface area (Å²) in [4.78, 5) is 4.44. The van der Waals surface area contributed by atoms with E-state index < -0.39 is 0 Å². The van der Waals surface area contributed by atoms with Gasteiger partial charge in [-0.25, -0.2) is 4.39 Å². The van der Waals surface area contributed by atoms with E-state index in [-0.39, 0.29) is 11.4 Å². The Bertz CT molecular complexity index is 408. The van der Waals surface area contributed by atoms with Crippen molar-refractivity contribution in [3.63, 3.8) is 0 Å². The van der Waals surface area contributed by atoms with E-state index in [0.717, 1.165) is 31.6 Å². The van der Waals surface area contributed by atoms with E-state index in [1.807, 2.05) is 6.07 Å². The van der Waals surface area contributed by atoms with E-state index in [4.69, 9.17) is 5.73 Å². The Labute approximate surface area is 108 Å². The smallest absolute Gasteiger partial charge is 0.125 e. The number of nitrogens with zero attached hydrogens (tertiary/aromatic N) is 2. The fourth-order valence-corrected chi connectivity index (χ4v) is 2.72. The molecule has 0 aliphatic carbocycles. The van der Waals surface area contributed by atoms with E-state index >= 15 is 0 Å². The van der Waals surface area contributed by atoms with Gasteiger partial charge < -0.3 is 15.5 Å². The van der Waals surface area contributed by atoms with Gasteiger partial charge in [-0.3, -0.25) is 0 Å². The van der Waals surface area contributed by atoms with Crippen LogP contribution in [-0.4, -0.2) is 44.2 Å². The number of hydrogen-bond donors (Lipinski definition) is 1. The molecule has 1 aliphatic rings. The molecule has 1 heterocycles. The van der Waals surface area contributed by atoms with E-state index in [9.17, 15) is 4.39 Å². The number of halogens is 1. The van der Waals surface area contributed by atoms with E-state index in [2.05, 4.69) is 23.9 Å². The monoisotopic (exact) mass is 251 g/mol. The molecule has 1 unspecified atom stereocenters. The van der Waals surface area contributed by atoms with Crippen LogP contribution in [0.2, 0.25) is 0 Å². The molecule has 1 aromatic carbocycles. The lowest BCUT2D eigenvalue weighted by Gasteiger charge is -2.47. The summed E-state index contributed by atoms with van der Waals surface area (Å²) in [5, 5.41) is 0. The maximum atomic E-state index is 13.3. The molecule has 100 valence electrons. The van der Waals surface area contributed by atoms with Crippen molar-refractivity contribution in [2.75, 3.05) is 38.6 Å². The first kappa shape index (κ1) is 13.3. The van der Waals surface area contributed by atoms with Crippen LogP contribution in [0.15, 0.2) is 24.3 Å². The first-order valence-electron chi connectivity index (χ1n) is 6.45. The fraction of sp³-hybridized carbons (Fsp3) is 0.571. The topological polar surface area (TPSA) is 32.5 Å². The van der Waals surface area contributed by atoms with Crippen LogP contribution in [0.4, 0.5) is 10.1 Å². The van der Waals surface area contributed by atoms with Gasteiger partial charge in [-0.05, 0) is 45.1 Å². The van der Waals surface area contributed by atoms with Crippen molar-refractivity contribution in [1.82, 2.24) is 4.90 Å². The Hall–Kier alpha value is -1.13. The molecule has 0 radical (unpaired) electrons. The minimum atomic E-state index is -0.179. The number of piperidine rings is 1. The summed E-state index contributed by atoms with van der Waals surface area (Å²) in [5.41, 5.74) is 6.92. The van der Waals surface area contributed by atoms with Crippen LogP contribution in [-0.2, 0) is 0 Å². The predicted octanol–water partition coefficient (Wildman–Crippen LogP) is 1.68. The lowest BCUT2D eigenvalue weighted by molar-refractivity contribution is 0.135. The van der Waals surface area contributed by atoms with Crippen molar-refractivity contribution in [3.8, 4) is 0 Å². The van der Waals surface area contributed by atoms with Crippen molar-refractivity contribution in [2.45, 2.75) is 18.4 Å². The standard InChI is InChI=1S/C14H22FN3/c1-17(2)14(10-16)7-4-8-18(11-14)13-6-3-5-12(15)9-13/h3,5-6,9H,4,7-8,10-11,16H2,1-2H3. The van der Waals surface area contributed by atoms with Crippen LogP contribution in [0.1, 0.15) is 12.8 Å². The van der Waals surface area contributed by atoms with Crippen LogP contribution in [0.3, 0.4) is 0 Å². The number of rotatable bonds is 3. The van der Waals surface area contributed by atoms with E-state index in [1.54, 1.807) is 12.1 Å². The van der Waals surface area contributed by atoms with Gasteiger partial charge in [0.05, 0.1) is 5.54 Å². The minimum Gasteiger partial charge on any atom is -0.370 e. The average Bonchev–Trinajstić information content (AvgIpc) is 2.38. The molecule has 18 heavy (non-hydrogen) atoms. The zero-order valence-corrected chi connectivity index (χ0v) is 11.2. The van der Waals surface area contributed by atoms with Crippen LogP contribution in [0.25, 0.3) is 0 Å². The number of hydrogen-bond acceptors (Lipinski definition) is 3. The molecule has 0 spiro atoms. The maximum absolute atomic E-state index is 13.3. The quantitative estimate of drug-likeness (QED) is 0.887. The van der Waals surface area contributed by atoms with Gasteiger partial charge in [0.1, 0.15) is 5.82 Å². The van der Waals surface area contributed by atoms with Crippen molar-refractivity contribution in [2.24, 2.45) is 5.73 Å². The summed E-state index contributed by atoms with van der Waals surface area (Å²) >= 11 is 0. The Kier molecular flexibility index (Phi) is 3.88. The molecule has 0 bridgehead atoms. The molecule has 1 saturated heterocycles. The summed E-state index contributed by atoms with van der Waals surface area (Å²) in [6, 6.07) is 6.81. The van der Waals surface area contributed by atoms with Crippen molar-refractivity contribution >= 4 is 5.69 Å². The summed E-state index contributed by atoms with van der Waals surface area (Å²) < 4.78 is 13.3. The second-order valence-corrected chi connectivity index (χ2v) is 5.33. The Morgan fingerprint density at radius 1 is 1.44 bits per heavy atom. The zero-order chi connectivity index (χ0) is 13.2. The van der Waals surface area contributed by atoms with Gasteiger partial charge in [0.2, 0.25) is 0 Å². The summed E-state index contributed by atoms with van der Waals surface area (Å²) in [5.74, 6) is -0.179. The van der Waals surface area contributed by atoms with Gasteiger partial charge in [0.15, 0.2) is 0 Å². The molecule has 1 fully saturated rings. The first-order chi connectivity index (χ1) is 8.57. The maximum Gasteiger partial charge on any atom is 0.125 e. The number of anilines is 1. The van der Waals surface area contributed by atoms with E-state index in [1.165, 1.54) is 6.07 Å². The Morgan fingerprint density at radius 3 is 2.83 bits per heavy atom. The van der Waals surface area contributed by atoms with E-state index in [0.29, 0.717) is 6.54 Å². The van der Waals surface area contributed by atoms with Crippen LogP contribution in [0, 0.1) is 5.82 Å². The van der Waals surface area contributed by atoms with Crippen molar-refractivity contribution in [3.05, 3.63) is 30.1 Å². The first-order valence-corrected chi connectivity index (χ1v) is 6.45. The van der Waals surface area contributed by atoms with Crippen LogP contribution >= 0.6 is 0 Å². The van der Waals surface area contributed by atoms with Gasteiger partial charge in [-0.1, -0.05) is 6.07 Å². The molecule has 3 nitrogen and oxygen atoms in total. The number of benzene rings is 1. The summed E-state index contributed by atoms with van der Waals surface area (Å²) in [6.45, 7) is 2.46. The van der Waals surface area contributed by atoms with Crippen molar-refractivity contribution in [1.29, 1.82) is 0 Å². The lowest BCUT2D eigenvalue weighted by Crippen LogP contribution is -2.60. The highest BCUT2D eigenvalue weighted by molar-refractivity contribution is 5.47. The largest absolute Gasteiger partial charge is 0.370 e.